The lowest BCUT2D eigenvalue weighted by Gasteiger charge is -2.06. The average molecular weight is 264 g/mol. The predicted octanol–water partition coefficient (Wildman–Crippen LogP) is 2.24. The van der Waals surface area contributed by atoms with Gasteiger partial charge in [-0.2, -0.15) is 0 Å². The van der Waals surface area contributed by atoms with E-state index in [2.05, 4.69) is 0 Å². The van der Waals surface area contributed by atoms with Crippen LogP contribution in [0.2, 0.25) is 0 Å². The summed E-state index contributed by atoms with van der Waals surface area (Å²) in [5.74, 6) is -0.0597. The highest BCUT2D eigenvalue weighted by atomic mass is 32.2. The fourth-order valence-electron chi connectivity index (χ4n) is 1.52. The van der Waals surface area contributed by atoms with Gasteiger partial charge in [-0.1, -0.05) is 6.07 Å². The van der Waals surface area contributed by atoms with Gasteiger partial charge in [0.15, 0.2) is 0 Å². The molecule has 0 aliphatic heterocycles. The van der Waals surface area contributed by atoms with E-state index in [-0.39, 0.29) is 21.3 Å². The molecule has 0 amide bonds. The summed E-state index contributed by atoms with van der Waals surface area (Å²) in [6, 6.07) is 9.46. The van der Waals surface area contributed by atoms with Gasteiger partial charge in [0.2, 0.25) is 9.84 Å². The van der Waals surface area contributed by atoms with Crippen molar-refractivity contribution in [2.75, 3.05) is 0 Å². The molecule has 0 saturated carbocycles. The molecule has 94 valence electrons. The normalized spacial score (nSPS) is 11.4. The topological polar surface area (TPSA) is 74.6 Å². The lowest BCUT2D eigenvalue weighted by Crippen LogP contribution is -2.01. The minimum absolute atomic E-state index is 0.000651. The molecule has 5 heteroatoms. The SMILES string of the molecule is Cc1ccc(S(=O)(=O)c2ccc(O)cc2)cc1O. The molecule has 0 spiro atoms. The first kappa shape index (κ1) is 12.4. The molecule has 0 fully saturated rings. The Morgan fingerprint density at radius 3 is 2.00 bits per heavy atom. The van der Waals surface area contributed by atoms with E-state index >= 15 is 0 Å². The molecule has 0 unspecified atom stereocenters. The van der Waals surface area contributed by atoms with Crippen LogP contribution in [-0.4, -0.2) is 18.6 Å². The Morgan fingerprint density at radius 2 is 1.44 bits per heavy atom. The van der Waals surface area contributed by atoms with Crippen LogP contribution in [0.5, 0.6) is 11.5 Å². The quantitative estimate of drug-likeness (QED) is 0.872. The summed E-state index contributed by atoms with van der Waals surface area (Å²) >= 11 is 0. The van der Waals surface area contributed by atoms with Crippen LogP contribution in [-0.2, 0) is 9.84 Å². The zero-order valence-corrected chi connectivity index (χ0v) is 10.5. The summed E-state index contributed by atoms with van der Waals surface area (Å²) in [4.78, 5) is 0.0971. The van der Waals surface area contributed by atoms with E-state index in [1.54, 1.807) is 13.0 Å². The highest BCUT2D eigenvalue weighted by molar-refractivity contribution is 7.91. The van der Waals surface area contributed by atoms with Gasteiger partial charge in [-0.25, -0.2) is 8.42 Å². The van der Waals surface area contributed by atoms with Crippen molar-refractivity contribution in [3.05, 3.63) is 48.0 Å². The van der Waals surface area contributed by atoms with Crippen LogP contribution in [0.1, 0.15) is 5.56 Å². The van der Waals surface area contributed by atoms with Crippen LogP contribution < -0.4 is 0 Å². The van der Waals surface area contributed by atoms with Crippen molar-refractivity contribution in [3.63, 3.8) is 0 Å². The van der Waals surface area contributed by atoms with Crippen molar-refractivity contribution in [2.24, 2.45) is 0 Å². The first-order valence-electron chi connectivity index (χ1n) is 5.25. The second-order valence-corrected chi connectivity index (χ2v) is 5.90. The Balaban J connectivity index is 2.54. The van der Waals surface area contributed by atoms with E-state index in [1.165, 1.54) is 36.4 Å². The molecule has 0 aliphatic carbocycles. The first-order valence-corrected chi connectivity index (χ1v) is 6.73. The Kier molecular flexibility index (Phi) is 3.00. The largest absolute Gasteiger partial charge is 0.508 e. The van der Waals surface area contributed by atoms with E-state index in [1.807, 2.05) is 0 Å². The highest BCUT2D eigenvalue weighted by Gasteiger charge is 2.18. The summed E-state index contributed by atoms with van der Waals surface area (Å²) in [5, 5.41) is 18.7. The second-order valence-electron chi connectivity index (χ2n) is 3.95. The molecule has 0 aromatic heterocycles. The summed E-state index contributed by atoms with van der Waals surface area (Å²) < 4.78 is 24.4. The Morgan fingerprint density at radius 1 is 0.889 bits per heavy atom. The third-order valence-corrected chi connectivity index (χ3v) is 4.41. The molecule has 0 aliphatic rings. The first-order chi connectivity index (χ1) is 8.41. The van der Waals surface area contributed by atoms with Crippen molar-refractivity contribution in [3.8, 4) is 11.5 Å². The smallest absolute Gasteiger partial charge is 0.206 e. The van der Waals surface area contributed by atoms with E-state index in [4.69, 9.17) is 5.11 Å². The number of hydrogen-bond donors (Lipinski definition) is 2. The molecule has 0 radical (unpaired) electrons. The molecule has 18 heavy (non-hydrogen) atoms. The molecular formula is C13H12O4S. The average Bonchev–Trinajstić information content (AvgIpc) is 2.33. The maximum Gasteiger partial charge on any atom is 0.206 e. The third-order valence-electron chi connectivity index (χ3n) is 2.64. The minimum Gasteiger partial charge on any atom is -0.508 e. The molecule has 0 atom stereocenters. The number of sulfone groups is 1. The molecule has 0 heterocycles. The molecule has 2 N–H and O–H groups in total. The van der Waals surface area contributed by atoms with Crippen molar-refractivity contribution in [1.82, 2.24) is 0 Å². The lowest BCUT2D eigenvalue weighted by atomic mass is 10.2. The van der Waals surface area contributed by atoms with Gasteiger partial charge in [0.25, 0.3) is 0 Å². The summed E-state index contributed by atoms with van der Waals surface area (Å²) in [6.45, 7) is 1.69. The summed E-state index contributed by atoms with van der Waals surface area (Å²) in [6.07, 6.45) is 0. The Bertz CT molecular complexity index is 673. The maximum absolute atomic E-state index is 12.2. The van der Waals surface area contributed by atoms with E-state index < -0.39 is 9.84 Å². The zero-order valence-electron chi connectivity index (χ0n) is 9.66. The van der Waals surface area contributed by atoms with Gasteiger partial charge >= 0.3 is 0 Å². The number of benzene rings is 2. The molecule has 0 bridgehead atoms. The zero-order chi connectivity index (χ0) is 13.3. The van der Waals surface area contributed by atoms with Gasteiger partial charge in [0.1, 0.15) is 11.5 Å². The van der Waals surface area contributed by atoms with E-state index in [9.17, 15) is 13.5 Å². The fraction of sp³-hybridized carbons (Fsp3) is 0.0769. The fourth-order valence-corrected chi connectivity index (χ4v) is 2.80. The number of aromatic hydroxyl groups is 2. The van der Waals surface area contributed by atoms with Gasteiger partial charge in [-0.15, -0.1) is 0 Å². The van der Waals surface area contributed by atoms with E-state index in [0.717, 1.165) is 0 Å². The molecule has 2 rings (SSSR count). The van der Waals surface area contributed by atoms with Crippen LogP contribution in [0.25, 0.3) is 0 Å². The van der Waals surface area contributed by atoms with Crippen LogP contribution >= 0.6 is 0 Å². The van der Waals surface area contributed by atoms with Gasteiger partial charge in [0, 0.05) is 0 Å². The van der Waals surface area contributed by atoms with Crippen LogP contribution in [0, 0.1) is 6.92 Å². The predicted molar refractivity (Wildman–Crippen MR) is 66.4 cm³/mol. The molecule has 4 nitrogen and oxygen atoms in total. The molecular weight excluding hydrogens is 252 g/mol. The maximum atomic E-state index is 12.2. The van der Waals surface area contributed by atoms with Gasteiger partial charge in [0.05, 0.1) is 9.79 Å². The van der Waals surface area contributed by atoms with Crippen LogP contribution in [0.4, 0.5) is 0 Å². The lowest BCUT2D eigenvalue weighted by molar-refractivity contribution is 0.468. The highest BCUT2D eigenvalue weighted by Crippen LogP contribution is 2.26. The Hall–Kier alpha value is -2.01. The number of hydrogen-bond acceptors (Lipinski definition) is 4. The number of phenols is 2. The summed E-state index contributed by atoms with van der Waals surface area (Å²) in [5.41, 5.74) is 0.611. The van der Waals surface area contributed by atoms with E-state index in [0.29, 0.717) is 5.56 Å². The number of phenolic OH excluding ortho intramolecular Hbond substituents is 2. The minimum atomic E-state index is -3.67. The van der Waals surface area contributed by atoms with Gasteiger partial charge < -0.3 is 10.2 Å². The van der Waals surface area contributed by atoms with Crippen molar-refractivity contribution >= 4 is 9.84 Å². The van der Waals surface area contributed by atoms with Crippen LogP contribution in [0.3, 0.4) is 0 Å². The monoisotopic (exact) mass is 264 g/mol. The second kappa shape index (κ2) is 4.34. The van der Waals surface area contributed by atoms with Gasteiger partial charge in [-0.05, 0) is 48.9 Å². The standard InChI is InChI=1S/C13H12O4S/c1-9-2-5-12(8-13(9)15)18(16,17)11-6-3-10(14)4-7-11/h2-8,14-15H,1H3. The van der Waals surface area contributed by atoms with Crippen molar-refractivity contribution in [1.29, 1.82) is 0 Å². The van der Waals surface area contributed by atoms with Crippen molar-refractivity contribution < 1.29 is 18.6 Å². The molecule has 2 aromatic rings. The summed E-state index contributed by atoms with van der Waals surface area (Å²) in [7, 11) is -3.67. The van der Waals surface area contributed by atoms with Crippen molar-refractivity contribution in [2.45, 2.75) is 16.7 Å². The third kappa shape index (κ3) is 2.17. The van der Waals surface area contributed by atoms with Gasteiger partial charge in [-0.3, -0.25) is 0 Å². The molecule has 2 aromatic carbocycles. The molecule has 0 saturated heterocycles. The van der Waals surface area contributed by atoms with Crippen LogP contribution in [0.15, 0.2) is 52.3 Å². The number of rotatable bonds is 2. The number of aryl methyl sites for hydroxylation is 1. The Labute approximate surface area is 105 Å².